The van der Waals surface area contributed by atoms with E-state index < -0.39 is 0 Å². The van der Waals surface area contributed by atoms with Gasteiger partial charge in [0.05, 0.1) is 24.4 Å². The highest BCUT2D eigenvalue weighted by Gasteiger charge is 2.08. The number of ether oxygens (including phenoxy) is 1. The van der Waals surface area contributed by atoms with Crippen molar-refractivity contribution in [1.29, 1.82) is 0 Å². The molecule has 0 saturated heterocycles. The molecule has 2 aromatic rings. The molecule has 112 valence electrons. The van der Waals surface area contributed by atoms with Crippen LogP contribution >= 0.6 is 11.6 Å². The fourth-order valence-electron chi connectivity index (χ4n) is 2.03. The van der Waals surface area contributed by atoms with Crippen molar-refractivity contribution in [2.75, 3.05) is 30.9 Å². The monoisotopic (exact) mass is 305 g/mol. The van der Waals surface area contributed by atoms with Crippen molar-refractivity contribution in [1.82, 2.24) is 4.98 Å². The maximum atomic E-state index is 6.24. The van der Waals surface area contributed by atoms with Crippen LogP contribution in [0.5, 0.6) is 5.75 Å². The highest BCUT2D eigenvalue weighted by atomic mass is 35.5. The average molecular weight is 306 g/mol. The number of rotatable bonds is 6. The molecule has 0 atom stereocenters. The number of nitrogens with one attached hydrogen (secondary N) is 1. The maximum absolute atomic E-state index is 6.24. The topological polar surface area (TPSA) is 37.4 Å². The number of nitrogens with zero attached hydrogens (tertiary/aromatic N) is 2. The molecule has 0 aliphatic carbocycles. The van der Waals surface area contributed by atoms with Crippen LogP contribution in [0.3, 0.4) is 0 Å². The lowest BCUT2D eigenvalue weighted by Gasteiger charge is -2.20. The van der Waals surface area contributed by atoms with E-state index in [-0.39, 0.29) is 0 Å². The van der Waals surface area contributed by atoms with Crippen molar-refractivity contribution >= 4 is 23.1 Å². The van der Waals surface area contributed by atoms with Crippen molar-refractivity contribution in [2.24, 2.45) is 0 Å². The van der Waals surface area contributed by atoms with Crippen molar-refractivity contribution in [3.05, 3.63) is 47.1 Å². The van der Waals surface area contributed by atoms with E-state index in [0.29, 0.717) is 11.6 Å². The molecule has 4 nitrogen and oxygen atoms in total. The van der Waals surface area contributed by atoms with E-state index in [1.54, 1.807) is 7.11 Å². The first-order valence-electron chi connectivity index (χ1n) is 6.88. The van der Waals surface area contributed by atoms with Gasteiger partial charge < -0.3 is 15.0 Å². The summed E-state index contributed by atoms with van der Waals surface area (Å²) in [4.78, 5) is 6.65. The number of aromatic nitrogens is 1. The van der Waals surface area contributed by atoms with Crippen LogP contribution in [0.15, 0.2) is 36.4 Å². The zero-order chi connectivity index (χ0) is 15.2. The fraction of sp³-hybridized carbons (Fsp3) is 0.312. The van der Waals surface area contributed by atoms with Crippen LogP contribution in [-0.2, 0) is 6.54 Å². The summed E-state index contributed by atoms with van der Waals surface area (Å²) in [5, 5.41) is 3.88. The zero-order valence-corrected chi connectivity index (χ0v) is 13.3. The Hall–Kier alpha value is -1.94. The van der Waals surface area contributed by atoms with Crippen LogP contribution < -0.4 is 15.0 Å². The second-order valence-corrected chi connectivity index (χ2v) is 5.12. The quantitative estimate of drug-likeness (QED) is 0.880. The van der Waals surface area contributed by atoms with E-state index in [1.165, 1.54) is 0 Å². The molecule has 1 aromatic carbocycles. The number of anilines is 2. The molecule has 0 saturated carbocycles. The van der Waals surface area contributed by atoms with E-state index in [9.17, 15) is 0 Å². The molecule has 0 bridgehead atoms. The highest BCUT2D eigenvalue weighted by molar-refractivity contribution is 6.31. The van der Waals surface area contributed by atoms with Gasteiger partial charge in [0.25, 0.3) is 0 Å². The highest BCUT2D eigenvalue weighted by Crippen LogP contribution is 2.23. The maximum Gasteiger partial charge on any atom is 0.126 e. The summed E-state index contributed by atoms with van der Waals surface area (Å²) in [5.74, 6) is 1.69. The molecule has 1 N–H and O–H groups in total. The van der Waals surface area contributed by atoms with Crippen LogP contribution in [0.4, 0.5) is 11.5 Å². The predicted molar refractivity (Wildman–Crippen MR) is 88.5 cm³/mol. The Morgan fingerprint density at radius 2 is 1.90 bits per heavy atom. The second kappa shape index (κ2) is 7.18. The number of benzene rings is 1. The van der Waals surface area contributed by atoms with Crippen molar-refractivity contribution in [3.63, 3.8) is 0 Å². The third-order valence-electron chi connectivity index (χ3n) is 3.18. The lowest BCUT2D eigenvalue weighted by molar-refractivity contribution is 0.415. The number of hydrogen-bond acceptors (Lipinski definition) is 4. The first-order valence-corrected chi connectivity index (χ1v) is 7.26. The lowest BCUT2D eigenvalue weighted by Crippen LogP contribution is -2.18. The Kier molecular flexibility index (Phi) is 5.28. The molecule has 0 aliphatic rings. The van der Waals surface area contributed by atoms with Gasteiger partial charge in [-0.2, -0.15) is 0 Å². The van der Waals surface area contributed by atoms with Crippen LogP contribution in [0, 0.1) is 0 Å². The normalized spacial score (nSPS) is 10.3. The Morgan fingerprint density at radius 3 is 2.52 bits per heavy atom. The predicted octanol–water partition coefficient (Wildman–Crippen LogP) is 3.81. The van der Waals surface area contributed by atoms with Gasteiger partial charge in [-0.25, -0.2) is 4.98 Å². The minimum absolute atomic E-state index is 0.643. The van der Waals surface area contributed by atoms with Gasteiger partial charge in [0.1, 0.15) is 11.6 Å². The number of hydrogen-bond donors (Lipinski definition) is 1. The third-order valence-corrected chi connectivity index (χ3v) is 3.52. The van der Waals surface area contributed by atoms with E-state index in [2.05, 4.69) is 15.2 Å². The van der Waals surface area contributed by atoms with Gasteiger partial charge in [-0.15, -0.1) is 0 Å². The molecular formula is C16H20ClN3O. The van der Waals surface area contributed by atoms with Crippen LogP contribution in [0.2, 0.25) is 5.02 Å². The van der Waals surface area contributed by atoms with Gasteiger partial charge in [0.2, 0.25) is 0 Å². The summed E-state index contributed by atoms with van der Waals surface area (Å²) >= 11 is 6.24. The van der Waals surface area contributed by atoms with E-state index in [0.717, 1.165) is 29.5 Å². The van der Waals surface area contributed by atoms with Crippen molar-refractivity contribution < 1.29 is 4.74 Å². The van der Waals surface area contributed by atoms with Gasteiger partial charge in [0, 0.05) is 19.3 Å². The summed E-state index contributed by atoms with van der Waals surface area (Å²) in [7, 11) is 3.67. The molecular weight excluding hydrogens is 286 g/mol. The van der Waals surface area contributed by atoms with E-state index in [4.69, 9.17) is 16.3 Å². The molecule has 21 heavy (non-hydrogen) atoms. The average Bonchev–Trinajstić information content (AvgIpc) is 2.51. The van der Waals surface area contributed by atoms with Gasteiger partial charge >= 0.3 is 0 Å². The number of pyridine rings is 1. The minimum atomic E-state index is 0.643. The molecule has 0 aliphatic heterocycles. The Morgan fingerprint density at radius 1 is 1.19 bits per heavy atom. The number of halogens is 1. The smallest absolute Gasteiger partial charge is 0.126 e. The molecule has 5 heteroatoms. The molecule has 0 radical (unpaired) electrons. The first-order chi connectivity index (χ1) is 10.1. The zero-order valence-electron chi connectivity index (χ0n) is 12.6. The molecule has 0 unspecified atom stereocenters. The molecule has 0 spiro atoms. The van der Waals surface area contributed by atoms with Crippen LogP contribution in [0.25, 0.3) is 0 Å². The summed E-state index contributed by atoms with van der Waals surface area (Å²) in [5.41, 5.74) is 1.94. The largest absolute Gasteiger partial charge is 0.497 e. The molecule has 1 heterocycles. The Bertz CT molecular complexity index is 587. The molecule has 0 amide bonds. The Balaban J connectivity index is 2.14. The standard InChI is InChI=1S/C16H20ClN3O/c1-4-18-16-10-9-14(17)15(19-16)11-20(2)12-5-7-13(21-3)8-6-12/h5-10H,4,11H2,1-3H3,(H,18,19). The first kappa shape index (κ1) is 15.4. The minimum Gasteiger partial charge on any atom is -0.497 e. The summed E-state index contributed by atoms with van der Waals surface area (Å²) in [6.45, 7) is 3.52. The van der Waals surface area contributed by atoms with Crippen molar-refractivity contribution in [2.45, 2.75) is 13.5 Å². The van der Waals surface area contributed by atoms with Crippen molar-refractivity contribution in [3.8, 4) is 5.75 Å². The van der Waals surface area contributed by atoms with Gasteiger partial charge in [-0.1, -0.05) is 11.6 Å². The fourth-order valence-corrected chi connectivity index (χ4v) is 2.19. The second-order valence-electron chi connectivity index (χ2n) is 4.71. The Labute approximate surface area is 130 Å². The van der Waals surface area contributed by atoms with Gasteiger partial charge in [-0.3, -0.25) is 0 Å². The molecule has 1 aromatic heterocycles. The van der Waals surface area contributed by atoms with Gasteiger partial charge in [-0.05, 0) is 43.3 Å². The summed E-state index contributed by atoms with van der Waals surface area (Å²) in [6.07, 6.45) is 0. The molecule has 2 rings (SSSR count). The summed E-state index contributed by atoms with van der Waals surface area (Å²) < 4.78 is 5.17. The summed E-state index contributed by atoms with van der Waals surface area (Å²) in [6, 6.07) is 11.7. The van der Waals surface area contributed by atoms with Crippen LogP contribution in [0.1, 0.15) is 12.6 Å². The van der Waals surface area contributed by atoms with E-state index >= 15 is 0 Å². The van der Waals surface area contributed by atoms with Crippen LogP contribution in [-0.4, -0.2) is 25.7 Å². The molecule has 0 fully saturated rings. The van der Waals surface area contributed by atoms with E-state index in [1.807, 2.05) is 50.4 Å². The van der Waals surface area contributed by atoms with Gasteiger partial charge in [0.15, 0.2) is 0 Å². The number of methoxy groups -OCH3 is 1. The lowest BCUT2D eigenvalue weighted by atomic mass is 10.2. The SMILES string of the molecule is CCNc1ccc(Cl)c(CN(C)c2ccc(OC)cc2)n1. The third kappa shape index (κ3) is 4.02.